The second-order valence-corrected chi connectivity index (χ2v) is 6.88. The topological polar surface area (TPSA) is 73.3 Å². The van der Waals surface area contributed by atoms with Crippen molar-refractivity contribution in [3.8, 4) is 0 Å². The molecule has 0 bridgehead atoms. The molecule has 1 saturated heterocycles. The first-order valence-corrected chi connectivity index (χ1v) is 9.02. The molecule has 0 saturated carbocycles. The molecule has 0 unspecified atom stereocenters. The Bertz CT molecular complexity index is 831. The van der Waals surface area contributed by atoms with Crippen LogP contribution in [0.4, 0.5) is 0 Å². The van der Waals surface area contributed by atoms with E-state index in [1.54, 1.807) is 0 Å². The van der Waals surface area contributed by atoms with Crippen molar-refractivity contribution in [3.63, 3.8) is 0 Å². The van der Waals surface area contributed by atoms with Crippen LogP contribution in [0.3, 0.4) is 0 Å². The number of hydrogen-bond acceptors (Lipinski definition) is 4. The van der Waals surface area contributed by atoms with Gasteiger partial charge >= 0.3 is 5.69 Å². The van der Waals surface area contributed by atoms with E-state index in [9.17, 15) is 9.59 Å². The molecule has 2 heterocycles. The molecule has 1 N–H and O–H groups in total. The van der Waals surface area contributed by atoms with Gasteiger partial charge in [0.2, 0.25) is 0 Å². The van der Waals surface area contributed by atoms with Gasteiger partial charge in [0, 0.05) is 26.4 Å². The highest BCUT2D eigenvalue weighted by atomic mass is 16.5. The average molecular weight is 346 g/mol. The Balaban J connectivity index is 1.72. The molecule has 1 aromatic heterocycles. The Kier molecular flexibility index (Phi) is 5.71. The predicted octanol–water partition coefficient (Wildman–Crippen LogP) is 2.40. The van der Waals surface area contributed by atoms with Crippen molar-refractivity contribution in [2.75, 3.05) is 19.8 Å². The molecule has 3 rings (SSSR count). The first-order valence-electron chi connectivity index (χ1n) is 9.02. The average Bonchev–Trinajstić information content (AvgIpc) is 2.61. The van der Waals surface area contributed by atoms with E-state index < -0.39 is 0 Å². The third-order valence-corrected chi connectivity index (χ3v) is 4.72. The minimum absolute atomic E-state index is 0.229. The third-order valence-electron chi connectivity index (χ3n) is 4.72. The van der Waals surface area contributed by atoms with Crippen molar-refractivity contribution in [3.05, 3.63) is 44.6 Å². The molecule has 25 heavy (non-hydrogen) atoms. The minimum Gasteiger partial charge on any atom is -0.381 e. The van der Waals surface area contributed by atoms with Gasteiger partial charge < -0.3 is 14.5 Å². The van der Waals surface area contributed by atoms with Gasteiger partial charge in [0.15, 0.2) is 0 Å². The van der Waals surface area contributed by atoms with Crippen LogP contribution in [-0.2, 0) is 16.0 Å². The smallest absolute Gasteiger partial charge is 0.328 e. The highest BCUT2D eigenvalue weighted by Gasteiger charge is 2.14. The lowest BCUT2D eigenvalue weighted by atomic mass is 10.0. The van der Waals surface area contributed by atoms with Crippen molar-refractivity contribution >= 4 is 10.9 Å². The van der Waals surface area contributed by atoms with Crippen LogP contribution >= 0.6 is 0 Å². The van der Waals surface area contributed by atoms with E-state index in [0.717, 1.165) is 31.6 Å². The molecule has 1 aliphatic heterocycles. The Hall–Kier alpha value is -1.92. The molecule has 1 aromatic carbocycles. The van der Waals surface area contributed by atoms with E-state index in [-0.39, 0.29) is 17.4 Å². The molecule has 6 heteroatoms. The number of ether oxygens (including phenoxy) is 2. The molecular formula is C19H26N2O4. The summed E-state index contributed by atoms with van der Waals surface area (Å²) in [5.74, 6) is 0.331. The molecule has 0 aliphatic carbocycles. The number of nitrogens with zero attached hydrogens (tertiary/aromatic N) is 1. The maximum Gasteiger partial charge on any atom is 0.328 e. The van der Waals surface area contributed by atoms with Gasteiger partial charge in [-0.15, -0.1) is 0 Å². The molecule has 136 valence electrons. The normalized spacial score (nSPS) is 16.0. The van der Waals surface area contributed by atoms with Gasteiger partial charge in [0.25, 0.3) is 5.56 Å². The summed E-state index contributed by atoms with van der Waals surface area (Å²) in [6.07, 6.45) is 2.69. The van der Waals surface area contributed by atoms with Crippen molar-refractivity contribution < 1.29 is 9.47 Å². The Morgan fingerprint density at radius 2 is 2.04 bits per heavy atom. The first kappa shape index (κ1) is 17.9. The fourth-order valence-electron chi connectivity index (χ4n) is 3.15. The maximum atomic E-state index is 12.7. The van der Waals surface area contributed by atoms with Gasteiger partial charge in [-0.25, -0.2) is 4.79 Å². The zero-order valence-electron chi connectivity index (χ0n) is 14.9. The molecule has 0 radical (unpaired) electrons. The molecule has 6 nitrogen and oxygen atoms in total. The minimum atomic E-state index is -0.360. The standard InChI is InChI=1S/C19H26N2O4/c1-13(2)14-4-5-17-16(12-14)18(22)21(19(23)20-17)8-3-9-25-15-6-10-24-11-7-15/h4-5,12-13,15H,3,6-11H2,1-2H3,(H,20,23). The highest BCUT2D eigenvalue weighted by Crippen LogP contribution is 2.17. The maximum absolute atomic E-state index is 12.7. The second kappa shape index (κ2) is 7.97. The van der Waals surface area contributed by atoms with E-state index in [1.165, 1.54) is 4.57 Å². The van der Waals surface area contributed by atoms with Crippen LogP contribution in [0.1, 0.15) is 44.6 Å². The Morgan fingerprint density at radius 1 is 1.28 bits per heavy atom. The lowest BCUT2D eigenvalue weighted by molar-refractivity contribution is -0.0330. The van der Waals surface area contributed by atoms with Gasteiger partial charge in [-0.2, -0.15) is 0 Å². The Labute approximate surface area is 146 Å². The molecule has 0 spiro atoms. The van der Waals surface area contributed by atoms with Crippen LogP contribution in [0.5, 0.6) is 0 Å². The van der Waals surface area contributed by atoms with Crippen LogP contribution in [0.25, 0.3) is 10.9 Å². The lowest BCUT2D eigenvalue weighted by Gasteiger charge is -2.22. The number of benzene rings is 1. The van der Waals surface area contributed by atoms with Crippen LogP contribution in [0.15, 0.2) is 27.8 Å². The van der Waals surface area contributed by atoms with Crippen molar-refractivity contribution in [1.82, 2.24) is 9.55 Å². The lowest BCUT2D eigenvalue weighted by Crippen LogP contribution is -2.35. The van der Waals surface area contributed by atoms with E-state index in [4.69, 9.17) is 9.47 Å². The number of H-pyrrole nitrogens is 1. The van der Waals surface area contributed by atoms with E-state index in [0.29, 0.717) is 36.4 Å². The number of aromatic nitrogens is 2. The highest BCUT2D eigenvalue weighted by molar-refractivity contribution is 5.78. The molecule has 2 aromatic rings. The van der Waals surface area contributed by atoms with Crippen molar-refractivity contribution in [2.45, 2.75) is 51.7 Å². The largest absolute Gasteiger partial charge is 0.381 e. The monoisotopic (exact) mass is 346 g/mol. The molecule has 0 amide bonds. The number of nitrogens with one attached hydrogen (secondary N) is 1. The fourth-order valence-corrected chi connectivity index (χ4v) is 3.15. The van der Waals surface area contributed by atoms with Gasteiger partial charge in [-0.1, -0.05) is 19.9 Å². The third kappa shape index (κ3) is 4.19. The van der Waals surface area contributed by atoms with Gasteiger partial charge in [-0.3, -0.25) is 9.36 Å². The molecular weight excluding hydrogens is 320 g/mol. The SMILES string of the molecule is CC(C)c1ccc2[nH]c(=O)n(CCCOC3CCOCC3)c(=O)c2c1. The van der Waals surface area contributed by atoms with E-state index in [2.05, 4.69) is 18.8 Å². The van der Waals surface area contributed by atoms with E-state index >= 15 is 0 Å². The first-order chi connectivity index (χ1) is 12.1. The number of hydrogen-bond donors (Lipinski definition) is 1. The molecule has 0 atom stereocenters. The zero-order valence-corrected chi connectivity index (χ0v) is 14.9. The summed E-state index contributed by atoms with van der Waals surface area (Å²) in [6.45, 7) is 6.55. The van der Waals surface area contributed by atoms with Crippen molar-refractivity contribution in [2.24, 2.45) is 0 Å². The Morgan fingerprint density at radius 3 is 2.76 bits per heavy atom. The van der Waals surface area contributed by atoms with Crippen molar-refractivity contribution in [1.29, 1.82) is 0 Å². The fraction of sp³-hybridized carbons (Fsp3) is 0.579. The van der Waals surface area contributed by atoms with Crippen LogP contribution in [0, 0.1) is 0 Å². The second-order valence-electron chi connectivity index (χ2n) is 6.88. The molecule has 1 fully saturated rings. The van der Waals surface area contributed by atoms with Crippen LogP contribution < -0.4 is 11.2 Å². The number of rotatable bonds is 6. The van der Waals surface area contributed by atoms with Crippen LogP contribution in [-0.4, -0.2) is 35.5 Å². The number of fused-ring (bicyclic) bond motifs is 1. The summed E-state index contributed by atoms with van der Waals surface area (Å²) in [4.78, 5) is 27.7. The summed E-state index contributed by atoms with van der Waals surface area (Å²) in [6, 6.07) is 5.65. The summed E-state index contributed by atoms with van der Waals surface area (Å²) in [5, 5.41) is 0.566. The summed E-state index contributed by atoms with van der Waals surface area (Å²) >= 11 is 0. The summed E-state index contributed by atoms with van der Waals surface area (Å²) in [7, 11) is 0. The summed E-state index contributed by atoms with van der Waals surface area (Å²) < 4.78 is 12.4. The zero-order chi connectivity index (χ0) is 17.8. The summed E-state index contributed by atoms with van der Waals surface area (Å²) in [5.41, 5.74) is 1.09. The predicted molar refractivity (Wildman–Crippen MR) is 97.3 cm³/mol. The quantitative estimate of drug-likeness (QED) is 0.815. The van der Waals surface area contributed by atoms with Gasteiger partial charge in [0.05, 0.1) is 17.0 Å². The van der Waals surface area contributed by atoms with Crippen LogP contribution in [0.2, 0.25) is 0 Å². The van der Waals surface area contributed by atoms with Gasteiger partial charge in [-0.05, 0) is 42.9 Å². The number of aromatic amines is 1. The van der Waals surface area contributed by atoms with Gasteiger partial charge in [0.1, 0.15) is 0 Å². The molecule has 1 aliphatic rings. The van der Waals surface area contributed by atoms with E-state index in [1.807, 2.05) is 18.2 Å².